The number of nitriles is 1. The minimum absolute atomic E-state index is 0.000124. The van der Waals surface area contributed by atoms with E-state index >= 15 is 0 Å². The number of phosphoric ester groups is 1. The van der Waals surface area contributed by atoms with Crippen molar-refractivity contribution in [2.75, 3.05) is 72.2 Å². The number of unbranched alkanes of at least 4 members (excludes halogenated alkanes) is 23. The number of carboxylic acid groups (broad SMARTS) is 2. The summed E-state index contributed by atoms with van der Waals surface area (Å²) < 4.78 is 34.1. The Kier molecular flexibility index (Phi) is 59.9. The van der Waals surface area contributed by atoms with Gasteiger partial charge in [0.2, 0.25) is 23.6 Å². The minimum Gasteiger partial charge on any atom is -0.456 e. The molecule has 28 nitrogen and oxygen atoms in total. The molecule has 0 aliphatic rings. The van der Waals surface area contributed by atoms with Gasteiger partial charge in [0.1, 0.15) is 25.5 Å². The van der Waals surface area contributed by atoms with Gasteiger partial charge < -0.3 is 40.3 Å². The number of phosphoric acid groups is 1. The monoisotopic (exact) mass is 1520 g/mol. The number of esters is 2. The number of carbonyl (C=O) groups excluding carboxylic acids is 11. The molecule has 0 aliphatic heterocycles. The number of allylic oxidation sites excluding steroid dienone is 4. The number of hydrogen-bond acceptors (Lipinski definition) is 19. The summed E-state index contributed by atoms with van der Waals surface area (Å²) in [7, 11) is -4.75. The van der Waals surface area contributed by atoms with Gasteiger partial charge in [0, 0.05) is 51.6 Å². The predicted molar refractivity (Wildman–Crippen MR) is 379 cm³/mol. The van der Waals surface area contributed by atoms with Gasteiger partial charge in [-0.2, -0.15) is 0 Å². The van der Waals surface area contributed by atoms with E-state index < -0.39 is 165 Å². The van der Waals surface area contributed by atoms with Gasteiger partial charge >= 0.3 is 164 Å². The molecule has 0 aliphatic carbocycles. The van der Waals surface area contributed by atoms with Crippen LogP contribution in [0.3, 0.4) is 0 Å². The standard InChI is InChI=1S/C71H118N7O21PSe/c1-3-5-7-9-11-13-15-17-19-21-23-25-27-29-31-39-70(92)96-54-61(99-71(93)40-32-30-28-26-24-22-20-18-16-14-12-10-8-6-4-2)55-98-100(94,95)97-47-46-74-62(82)38-34-33-36-58(79)41-43-63(83)76-49-67(87)78(53-69(90)91)51-64(84)73-45-35-37-60(81)50-77(52-68(88)89)66(86)44-42-59(80)48-75-65(85)56-101-57-72/h17-20,61H,3-16,21-56H2,1-2H3,(H,73,84)(H,74,82)(H,75,85)(H,76,83)(H,88,89)(H,90,91)(H,94,95)/b19-17+,20-18+. The van der Waals surface area contributed by atoms with Crippen LogP contribution in [-0.2, 0) is 85.4 Å². The third-order valence-electron chi connectivity index (χ3n) is 15.7. The number of rotatable bonds is 69. The third kappa shape index (κ3) is 61.7. The molecule has 30 heteroatoms. The molecule has 0 heterocycles. The van der Waals surface area contributed by atoms with Crippen LogP contribution in [0, 0.1) is 10.2 Å². The van der Waals surface area contributed by atoms with E-state index in [1.54, 1.807) is 0 Å². The van der Waals surface area contributed by atoms with Crippen LogP contribution >= 0.6 is 7.82 Å². The number of carboxylic acids is 2. The van der Waals surface area contributed by atoms with Gasteiger partial charge in [-0.15, -0.1) is 0 Å². The quantitative estimate of drug-likeness (QED) is 0.00980. The maximum absolute atomic E-state index is 12.9. The molecule has 0 rings (SSSR count). The van der Waals surface area contributed by atoms with E-state index in [1.165, 1.54) is 77.0 Å². The van der Waals surface area contributed by atoms with E-state index in [0.29, 0.717) is 17.7 Å². The Hall–Kier alpha value is -6.69. The van der Waals surface area contributed by atoms with Gasteiger partial charge in [-0.3, -0.25) is 47.4 Å². The van der Waals surface area contributed by atoms with Crippen molar-refractivity contribution in [3.05, 3.63) is 24.3 Å². The summed E-state index contributed by atoms with van der Waals surface area (Å²) in [5.41, 5.74) is 0. The molecule has 0 aromatic carbocycles. The first-order valence-electron chi connectivity index (χ1n) is 36.4. The van der Waals surface area contributed by atoms with E-state index in [0.717, 1.165) is 81.9 Å². The molecule has 0 bridgehead atoms. The van der Waals surface area contributed by atoms with Gasteiger partial charge in [-0.1, -0.05) is 141 Å². The van der Waals surface area contributed by atoms with Gasteiger partial charge in [0.15, 0.2) is 6.10 Å². The Morgan fingerprint density at radius 3 is 1.47 bits per heavy atom. The van der Waals surface area contributed by atoms with Crippen molar-refractivity contribution in [3.8, 4) is 4.97 Å². The molecule has 0 saturated heterocycles. The summed E-state index contributed by atoms with van der Waals surface area (Å²) in [6.07, 6.45) is 35.8. The first-order valence-corrected chi connectivity index (χ1v) is 40.0. The van der Waals surface area contributed by atoms with E-state index in [4.69, 9.17) is 23.8 Å². The van der Waals surface area contributed by atoms with Gasteiger partial charge in [0.25, 0.3) is 0 Å². The number of ether oxygens (including phenoxy) is 2. The molecule has 0 spiro atoms. The molecule has 0 radical (unpaired) electrons. The van der Waals surface area contributed by atoms with Crippen molar-refractivity contribution in [1.29, 1.82) is 5.26 Å². The van der Waals surface area contributed by atoms with Crippen LogP contribution in [0.1, 0.15) is 258 Å². The second-order valence-electron chi connectivity index (χ2n) is 24.9. The fourth-order valence-corrected chi connectivity index (χ4v) is 11.4. The van der Waals surface area contributed by atoms with Crippen molar-refractivity contribution in [1.82, 2.24) is 31.1 Å². The Morgan fingerprint density at radius 2 is 0.911 bits per heavy atom. The van der Waals surface area contributed by atoms with Crippen LogP contribution < -0.4 is 21.3 Å². The smallest absolute Gasteiger partial charge is 0.306 e. The Morgan fingerprint density at radius 1 is 0.446 bits per heavy atom. The Labute approximate surface area is 604 Å². The first-order chi connectivity index (χ1) is 48.5. The number of carbonyl (C=O) groups is 13. The van der Waals surface area contributed by atoms with Crippen LogP contribution in [0.25, 0.3) is 0 Å². The summed E-state index contributed by atoms with van der Waals surface area (Å²) in [6.45, 7) is -1.55. The minimum atomic E-state index is -4.75. The molecule has 574 valence electrons. The SMILES string of the molecule is CCCCCCCC/C=C/CCCCCCCC(=O)OCC(COP(=O)(O)OCCNC(=O)CCCCC(=O)CCC(=O)NCC(=O)N(CC(=O)O)CC(=O)NCCCC(=O)CN(CC(=O)O)C(=O)CCC(=O)CNC(=O)C[Se]C#N)OC(=O)CCCCCCC/C=C/CCCCCCCC. The zero-order valence-electron chi connectivity index (χ0n) is 60.1. The van der Waals surface area contributed by atoms with Crippen LogP contribution in [0.5, 0.6) is 0 Å². The normalized spacial score (nSPS) is 12.0. The van der Waals surface area contributed by atoms with Crippen molar-refractivity contribution >= 4 is 99.4 Å². The van der Waals surface area contributed by atoms with Gasteiger partial charge in [-0.05, 0) is 83.5 Å². The summed E-state index contributed by atoms with van der Waals surface area (Å²) >= 11 is -0.586. The fourth-order valence-electron chi connectivity index (χ4n) is 9.98. The third-order valence-corrected chi connectivity index (χ3v) is 17.8. The van der Waals surface area contributed by atoms with Crippen molar-refractivity contribution < 1.29 is 101 Å². The molecule has 0 fully saturated rings. The molecule has 6 amide bonds. The molecule has 2 unspecified atom stereocenters. The van der Waals surface area contributed by atoms with Crippen LogP contribution in [0.15, 0.2) is 24.3 Å². The predicted octanol–water partition coefficient (Wildman–Crippen LogP) is 9.15. The summed E-state index contributed by atoms with van der Waals surface area (Å²) in [4.78, 5) is 174. The second kappa shape index (κ2) is 64.2. The van der Waals surface area contributed by atoms with Crippen molar-refractivity contribution in [2.45, 2.75) is 269 Å². The van der Waals surface area contributed by atoms with Gasteiger partial charge in [-0.25, -0.2) is 4.57 Å². The largest absolute Gasteiger partial charge is 0.456 e. The maximum atomic E-state index is 12.9. The number of nitrogens with one attached hydrogen (secondary N) is 4. The number of amides is 6. The molecule has 0 aromatic heterocycles. The molecule has 2 atom stereocenters. The van der Waals surface area contributed by atoms with E-state index in [9.17, 15) is 82.0 Å². The first kappa shape index (κ1) is 94.3. The second-order valence-corrected chi connectivity index (χ2v) is 28.0. The number of ketones is 3. The molecular formula is C71H118N7O21PSe. The van der Waals surface area contributed by atoms with E-state index in [-0.39, 0.29) is 94.8 Å². The molecule has 0 aromatic rings. The summed E-state index contributed by atoms with van der Waals surface area (Å²) in [5, 5.41) is 36.7. The zero-order chi connectivity index (χ0) is 75.0. The Balaban J connectivity index is 4.85. The summed E-state index contributed by atoms with van der Waals surface area (Å²) in [5.74, 6) is -9.62. The number of aliphatic carboxylic acids is 2. The number of hydrogen-bond donors (Lipinski definition) is 7. The number of Topliss-reactive ketones (excluding diaryl/α,β-unsaturated/α-hetero) is 3. The van der Waals surface area contributed by atoms with E-state index in [2.05, 4.69) is 59.4 Å². The molecule has 7 N–H and O–H groups in total. The molecule has 0 saturated carbocycles. The van der Waals surface area contributed by atoms with Gasteiger partial charge in [0.05, 0.1) is 19.8 Å². The topological polar surface area (TPSA) is 415 Å². The average molecular weight is 1520 g/mol. The van der Waals surface area contributed by atoms with Crippen LogP contribution in [-0.4, -0.2) is 195 Å². The summed E-state index contributed by atoms with van der Waals surface area (Å²) in [6, 6.07) is 0. The molecule has 101 heavy (non-hydrogen) atoms. The average Bonchev–Trinajstić information content (AvgIpc) is 1.10. The molecular weight excluding hydrogens is 1400 g/mol. The fraction of sp³-hybridized carbons (Fsp3) is 0.746. The number of nitrogens with zero attached hydrogens (tertiary/aromatic N) is 3. The van der Waals surface area contributed by atoms with Crippen molar-refractivity contribution in [2.24, 2.45) is 0 Å². The van der Waals surface area contributed by atoms with Crippen LogP contribution in [0.2, 0.25) is 5.32 Å². The van der Waals surface area contributed by atoms with Crippen LogP contribution in [0.4, 0.5) is 0 Å². The van der Waals surface area contributed by atoms with Crippen molar-refractivity contribution in [3.63, 3.8) is 0 Å². The Bertz CT molecular complexity index is 2600. The van der Waals surface area contributed by atoms with E-state index in [1.807, 2.05) is 4.97 Å². The maximum Gasteiger partial charge on any atom is 0.306 e. The zero-order valence-corrected chi connectivity index (χ0v) is 62.7.